The van der Waals surface area contributed by atoms with Crippen LogP contribution in [0.3, 0.4) is 0 Å². The van der Waals surface area contributed by atoms with E-state index in [0.717, 1.165) is 15.6 Å². The Balaban J connectivity index is 1.76. The lowest BCUT2D eigenvalue weighted by atomic mass is 10.2. The van der Waals surface area contributed by atoms with Crippen LogP contribution in [0.25, 0.3) is 11.3 Å². The molecule has 5 nitrogen and oxygen atoms in total. The van der Waals surface area contributed by atoms with Crippen LogP contribution in [0.1, 0.15) is 5.56 Å². The molecule has 0 spiro atoms. The molecule has 29 heavy (non-hydrogen) atoms. The maximum absolute atomic E-state index is 13.2. The molecule has 0 fully saturated rings. The van der Waals surface area contributed by atoms with Crippen LogP contribution in [0.5, 0.6) is 0 Å². The predicted molar refractivity (Wildman–Crippen MR) is 118 cm³/mol. The number of nitrogens with one attached hydrogen (secondary N) is 1. The molecule has 0 aliphatic carbocycles. The average Bonchev–Trinajstić information content (AvgIpc) is 3.14. The largest absolute Gasteiger partial charge is 0.279 e. The lowest BCUT2D eigenvalue weighted by Gasteiger charge is -2.08. The van der Waals surface area contributed by atoms with Gasteiger partial charge in [-0.05, 0) is 23.8 Å². The summed E-state index contributed by atoms with van der Waals surface area (Å²) in [6.07, 6.45) is 1.58. The van der Waals surface area contributed by atoms with Crippen molar-refractivity contribution in [2.45, 2.75) is 11.4 Å². The Morgan fingerprint density at radius 1 is 0.897 bits per heavy atom. The summed E-state index contributed by atoms with van der Waals surface area (Å²) in [5.41, 5.74) is 2.69. The van der Waals surface area contributed by atoms with Gasteiger partial charge in [0.2, 0.25) is 0 Å². The summed E-state index contributed by atoms with van der Waals surface area (Å²) in [6.45, 7) is 0.479. The second-order valence-corrected chi connectivity index (χ2v) is 9.07. The fourth-order valence-electron chi connectivity index (χ4n) is 3.01. The van der Waals surface area contributed by atoms with E-state index >= 15 is 0 Å². The minimum Gasteiger partial charge on any atom is -0.279 e. The fourth-order valence-corrected chi connectivity index (χ4v) is 4.63. The molecule has 0 amide bonds. The zero-order valence-electron chi connectivity index (χ0n) is 15.4. The normalized spacial score (nSPS) is 11.3. The Kier molecular flexibility index (Phi) is 5.51. The van der Waals surface area contributed by atoms with E-state index in [9.17, 15) is 8.42 Å². The summed E-state index contributed by atoms with van der Waals surface area (Å²) in [7, 11) is -3.83. The van der Waals surface area contributed by atoms with Crippen LogP contribution in [-0.4, -0.2) is 18.2 Å². The summed E-state index contributed by atoms with van der Waals surface area (Å²) in [5, 5.41) is 4.59. The Hall–Kier alpha value is -2.90. The van der Waals surface area contributed by atoms with Gasteiger partial charge in [0.15, 0.2) is 0 Å². The molecule has 0 radical (unpaired) electrons. The highest BCUT2D eigenvalue weighted by Gasteiger charge is 2.24. The van der Waals surface area contributed by atoms with Crippen molar-refractivity contribution in [1.82, 2.24) is 9.78 Å². The van der Waals surface area contributed by atoms with E-state index in [0.29, 0.717) is 17.9 Å². The molecule has 0 unspecified atom stereocenters. The van der Waals surface area contributed by atoms with Crippen molar-refractivity contribution >= 4 is 31.6 Å². The Bertz CT molecular complexity index is 1220. The number of nitrogens with zero attached hydrogens (tertiary/aromatic N) is 2. The molecule has 0 aliphatic heterocycles. The van der Waals surface area contributed by atoms with Gasteiger partial charge >= 0.3 is 0 Å². The molecule has 1 aromatic heterocycles. The van der Waals surface area contributed by atoms with Crippen LogP contribution >= 0.6 is 15.9 Å². The highest BCUT2D eigenvalue weighted by molar-refractivity contribution is 9.10. The quantitative estimate of drug-likeness (QED) is 0.425. The van der Waals surface area contributed by atoms with Crippen LogP contribution in [0.2, 0.25) is 0 Å². The second-order valence-electron chi connectivity index (χ2n) is 6.51. The van der Waals surface area contributed by atoms with E-state index in [1.165, 1.54) is 0 Å². The number of sulfonamides is 1. The van der Waals surface area contributed by atoms with Crippen LogP contribution in [0.15, 0.2) is 100 Å². The number of rotatable bonds is 6. The van der Waals surface area contributed by atoms with E-state index in [2.05, 4.69) is 25.8 Å². The molecule has 0 saturated heterocycles. The lowest BCUT2D eigenvalue weighted by Crippen LogP contribution is -2.13. The molecule has 3 aromatic carbocycles. The summed E-state index contributed by atoms with van der Waals surface area (Å²) in [4.78, 5) is 0.139. The van der Waals surface area contributed by atoms with Crippen LogP contribution in [0.4, 0.5) is 5.69 Å². The van der Waals surface area contributed by atoms with Crippen molar-refractivity contribution in [3.8, 4) is 11.3 Å². The van der Waals surface area contributed by atoms with Gasteiger partial charge in [0.25, 0.3) is 10.0 Å². The molecular formula is C22H18BrN3O2S. The molecule has 0 bridgehead atoms. The molecule has 4 aromatic rings. The van der Waals surface area contributed by atoms with Gasteiger partial charge in [-0.1, -0.05) is 82.7 Å². The van der Waals surface area contributed by atoms with Crippen LogP contribution in [0, 0.1) is 0 Å². The summed E-state index contributed by atoms with van der Waals surface area (Å²) in [6, 6.07) is 26.2. The number of hydrogen-bond acceptors (Lipinski definition) is 3. The van der Waals surface area contributed by atoms with Crippen molar-refractivity contribution in [3.05, 3.63) is 101 Å². The van der Waals surface area contributed by atoms with Gasteiger partial charge in [0.05, 0.1) is 6.54 Å². The van der Waals surface area contributed by atoms with Crippen molar-refractivity contribution in [2.24, 2.45) is 0 Å². The van der Waals surface area contributed by atoms with Gasteiger partial charge < -0.3 is 0 Å². The van der Waals surface area contributed by atoms with Gasteiger partial charge in [-0.3, -0.25) is 9.40 Å². The molecule has 0 saturated carbocycles. The number of aromatic nitrogens is 2. The van der Waals surface area contributed by atoms with Crippen molar-refractivity contribution in [3.63, 3.8) is 0 Å². The monoisotopic (exact) mass is 467 g/mol. The molecule has 146 valence electrons. The first-order valence-corrected chi connectivity index (χ1v) is 11.2. The second kappa shape index (κ2) is 8.23. The third-order valence-corrected chi connectivity index (χ3v) is 6.20. The highest BCUT2D eigenvalue weighted by Crippen LogP contribution is 2.28. The van der Waals surface area contributed by atoms with Crippen LogP contribution < -0.4 is 4.72 Å². The maximum atomic E-state index is 13.2. The zero-order valence-corrected chi connectivity index (χ0v) is 17.8. The zero-order chi connectivity index (χ0) is 20.3. The highest BCUT2D eigenvalue weighted by atomic mass is 79.9. The first kappa shape index (κ1) is 19.4. The maximum Gasteiger partial charge on any atom is 0.265 e. The summed E-state index contributed by atoms with van der Waals surface area (Å²) < 4.78 is 31.5. The number of halogens is 1. The van der Waals surface area contributed by atoms with Gasteiger partial charge in [-0.2, -0.15) is 5.10 Å². The van der Waals surface area contributed by atoms with E-state index in [1.807, 2.05) is 66.7 Å². The van der Waals surface area contributed by atoms with Gasteiger partial charge in [-0.25, -0.2) is 8.42 Å². The van der Waals surface area contributed by atoms with Gasteiger partial charge in [0, 0.05) is 21.9 Å². The van der Waals surface area contributed by atoms with Crippen molar-refractivity contribution < 1.29 is 8.42 Å². The third kappa shape index (κ3) is 4.58. The number of hydrogen-bond donors (Lipinski definition) is 1. The first-order chi connectivity index (χ1) is 14.0. The van der Waals surface area contributed by atoms with Crippen molar-refractivity contribution in [1.29, 1.82) is 0 Å². The average molecular weight is 468 g/mol. The number of benzene rings is 3. The Labute approximate surface area is 178 Å². The summed E-state index contributed by atoms with van der Waals surface area (Å²) in [5.74, 6) is 0. The van der Waals surface area contributed by atoms with E-state index in [4.69, 9.17) is 0 Å². The van der Waals surface area contributed by atoms with Crippen LogP contribution in [-0.2, 0) is 16.6 Å². The predicted octanol–water partition coefficient (Wildman–Crippen LogP) is 5.16. The molecule has 0 atom stereocenters. The van der Waals surface area contributed by atoms with E-state index in [-0.39, 0.29) is 4.90 Å². The minimum absolute atomic E-state index is 0.139. The molecule has 1 heterocycles. The molecule has 1 N–H and O–H groups in total. The standard InChI is InChI=1S/C22H18BrN3O2S/c23-19-12-7-13-20(14-19)25-29(27,28)21-16-26(15-17-8-3-1-4-9-17)24-22(21)18-10-5-2-6-11-18/h1-14,16,25H,15H2. The topological polar surface area (TPSA) is 64.0 Å². The Morgan fingerprint density at radius 3 is 2.28 bits per heavy atom. The smallest absolute Gasteiger partial charge is 0.265 e. The molecule has 7 heteroatoms. The molecular weight excluding hydrogens is 450 g/mol. The first-order valence-electron chi connectivity index (χ1n) is 8.96. The number of anilines is 1. The summed E-state index contributed by atoms with van der Waals surface area (Å²) >= 11 is 3.37. The van der Waals surface area contributed by atoms with Gasteiger partial charge in [-0.15, -0.1) is 0 Å². The van der Waals surface area contributed by atoms with Gasteiger partial charge in [0.1, 0.15) is 10.6 Å². The van der Waals surface area contributed by atoms with E-state index in [1.54, 1.807) is 29.1 Å². The lowest BCUT2D eigenvalue weighted by molar-refractivity contribution is 0.601. The fraction of sp³-hybridized carbons (Fsp3) is 0.0455. The third-order valence-electron chi connectivity index (χ3n) is 4.33. The van der Waals surface area contributed by atoms with Crippen molar-refractivity contribution in [2.75, 3.05) is 4.72 Å². The SMILES string of the molecule is O=S(=O)(Nc1cccc(Br)c1)c1cn(Cc2ccccc2)nc1-c1ccccc1. The Morgan fingerprint density at radius 2 is 1.59 bits per heavy atom. The minimum atomic E-state index is -3.83. The molecule has 4 rings (SSSR count). The molecule has 0 aliphatic rings. The van der Waals surface area contributed by atoms with E-state index < -0.39 is 10.0 Å².